The number of nitrogens with one attached hydrogen (secondary N) is 3. The predicted molar refractivity (Wildman–Crippen MR) is 141 cm³/mol. The van der Waals surface area contributed by atoms with Gasteiger partial charge in [0.25, 0.3) is 5.56 Å². The zero-order valence-corrected chi connectivity index (χ0v) is 21.2. The van der Waals surface area contributed by atoms with Gasteiger partial charge >= 0.3 is 0 Å². The maximum absolute atomic E-state index is 13.5. The van der Waals surface area contributed by atoms with Crippen molar-refractivity contribution in [3.63, 3.8) is 0 Å². The van der Waals surface area contributed by atoms with Gasteiger partial charge in [0.05, 0.1) is 24.0 Å². The molecule has 3 N–H and O–H groups in total. The molecule has 8 heteroatoms. The largest absolute Gasteiger partial charge is 0.348 e. The zero-order valence-electron chi connectivity index (χ0n) is 21.2. The lowest BCUT2D eigenvalue weighted by molar-refractivity contribution is -0.122. The van der Waals surface area contributed by atoms with E-state index in [0.29, 0.717) is 5.69 Å². The Kier molecular flexibility index (Phi) is 7.64. The van der Waals surface area contributed by atoms with Gasteiger partial charge in [0.1, 0.15) is 6.54 Å². The number of anilines is 1. The Morgan fingerprint density at radius 1 is 1.17 bits per heavy atom. The summed E-state index contributed by atoms with van der Waals surface area (Å²) in [5.74, 6) is -0.750. The first-order chi connectivity index (χ1) is 17.3. The first kappa shape index (κ1) is 25.3. The van der Waals surface area contributed by atoms with Crippen molar-refractivity contribution >= 4 is 17.6 Å². The number of aryl methyl sites for hydroxylation is 3. The summed E-state index contributed by atoms with van der Waals surface area (Å²) < 4.78 is 1.40. The molecular formula is C28H33N5O3. The lowest BCUT2D eigenvalue weighted by Crippen LogP contribution is -2.40. The Balaban J connectivity index is 1.68. The average Bonchev–Trinajstić information content (AvgIpc) is 2.86. The number of fused-ring (bicyclic) bond motifs is 1. The van der Waals surface area contributed by atoms with Crippen molar-refractivity contribution in [2.24, 2.45) is 0 Å². The molecule has 8 nitrogen and oxygen atoms in total. The lowest BCUT2D eigenvalue weighted by atomic mass is 9.88. The molecule has 0 fully saturated rings. The van der Waals surface area contributed by atoms with Gasteiger partial charge in [0, 0.05) is 5.56 Å². The number of nitrogens with zero attached hydrogens (tertiary/aromatic N) is 2. The summed E-state index contributed by atoms with van der Waals surface area (Å²) >= 11 is 0. The lowest BCUT2D eigenvalue weighted by Gasteiger charge is -2.26. The van der Waals surface area contributed by atoms with Gasteiger partial charge in [-0.15, -0.1) is 0 Å². The van der Waals surface area contributed by atoms with Crippen LogP contribution in [0.2, 0.25) is 0 Å². The summed E-state index contributed by atoms with van der Waals surface area (Å²) in [6, 6.07) is 13.4. The molecule has 0 saturated carbocycles. The second kappa shape index (κ2) is 10.9. The van der Waals surface area contributed by atoms with Crippen molar-refractivity contribution in [2.45, 2.75) is 58.7 Å². The number of aromatic nitrogens is 2. The summed E-state index contributed by atoms with van der Waals surface area (Å²) in [4.78, 5) is 43.4. The Bertz CT molecular complexity index is 1350. The molecule has 1 aliphatic rings. The molecule has 4 rings (SSSR count). The quantitative estimate of drug-likeness (QED) is 0.474. The van der Waals surface area contributed by atoms with Crippen LogP contribution in [-0.4, -0.2) is 34.5 Å². The highest BCUT2D eigenvalue weighted by Crippen LogP contribution is 2.29. The predicted octanol–water partition coefficient (Wildman–Crippen LogP) is 3.27. The van der Waals surface area contributed by atoms with E-state index >= 15 is 0 Å². The van der Waals surface area contributed by atoms with Gasteiger partial charge in [-0.05, 0) is 63.8 Å². The number of carbonyl (C=O) groups excluding carboxylic acids is 2. The monoisotopic (exact) mass is 487 g/mol. The summed E-state index contributed by atoms with van der Waals surface area (Å²) in [5, 5.41) is 8.56. The topological polar surface area (TPSA) is 105 Å². The molecule has 36 heavy (non-hydrogen) atoms. The summed E-state index contributed by atoms with van der Waals surface area (Å²) in [7, 11) is 1.66. The Morgan fingerprint density at radius 3 is 2.69 bits per heavy atom. The number of amides is 2. The first-order valence-corrected chi connectivity index (χ1v) is 12.3. The van der Waals surface area contributed by atoms with E-state index in [1.54, 1.807) is 20.2 Å². The van der Waals surface area contributed by atoms with Crippen LogP contribution in [0.4, 0.5) is 5.82 Å². The summed E-state index contributed by atoms with van der Waals surface area (Å²) in [6.45, 7) is 5.46. The van der Waals surface area contributed by atoms with Gasteiger partial charge in [0.15, 0.2) is 5.82 Å². The van der Waals surface area contributed by atoms with Crippen LogP contribution in [0.15, 0.2) is 53.5 Å². The fraction of sp³-hybridized carbons (Fsp3) is 0.357. The fourth-order valence-electron chi connectivity index (χ4n) is 4.69. The molecule has 0 aliphatic heterocycles. The highest BCUT2D eigenvalue weighted by molar-refractivity contribution is 5.93. The molecule has 2 aromatic carbocycles. The van der Waals surface area contributed by atoms with Crippen LogP contribution < -0.4 is 21.5 Å². The number of carbonyl (C=O) groups is 2. The number of rotatable bonds is 7. The van der Waals surface area contributed by atoms with E-state index in [4.69, 9.17) is 0 Å². The molecule has 0 radical (unpaired) electrons. The highest BCUT2D eigenvalue weighted by Gasteiger charge is 2.23. The highest BCUT2D eigenvalue weighted by atomic mass is 16.2. The van der Waals surface area contributed by atoms with Gasteiger partial charge in [0.2, 0.25) is 11.8 Å². The average molecular weight is 488 g/mol. The minimum absolute atomic E-state index is 0.0970. The van der Waals surface area contributed by atoms with Gasteiger partial charge in [-0.2, -0.15) is 0 Å². The SMILES string of the molecule is CNC(C)C(=O)Nc1ncc(-c2ccc(C)cc2C)n(CC(=O)NC2CCCc3ccccc32)c1=O. The second-order valence-corrected chi connectivity index (χ2v) is 9.41. The van der Waals surface area contributed by atoms with E-state index in [0.717, 1.165) is 41.5 Å². The van der Waals surface area contributed by atoms with Crippen LogP contribution in [0.5, 0.6) is 0 Å². The van der Waals surface area contributed by atoms with E-state index < -0.39 is 11.6 Å². The van der Waals surface area contributed by atoms with E-state index in [1.165, 1.54) is 10.1 Å². The fourth-order valence-corrected chi connectivity index (χ4v) is 4.69. The Labute approximate surface area is 211 Å². The van der Waals surface area contributed by atoms with Crippen LogP contribution in [0, 0.1) is 13.8 Å². The third-order valence-electron chi connectivity index (χ3n) is 6.79. The molecule has 0 bridgehead atoms. The van der Waals surface area contributed by atoms with Crippen LogP contribution in [-0.2, 0) is 22.6 Å². The van der Waals surface area contributed by atoms with Gasteiger partial charge < -0.3 is 16.0 Å². The number of hydrogen-bond acceptors (Lipinski definition) is 5. The van der Waals surface area contributed by atoms with Crippen LogP contribution >= 0.6 is 0 Å². The smallest absolute Gasteiger partial charge is 0.294 e. The molecule has 0 saturated heterocycles. The molecule has 0 spiro atoms. The molecule has 2 amide bonds. The minimum atomic E-state index is -0.525. The summed E-state index contributed by atoms with van der Waals surface area (Å²) in [5.41, 5.74) is 5.24. The maximum atomic E-state index is 13.5. The van der Waals surface area contributed by atoms with Gasteiger partial charge in [-0.1, -0.05) is 48.0 Å². The standard InChI is InChI=1S/C28H33N5O3/c1-17-12-13-21(18(2)14-17)24-15-30-26(32-27(35)19(3)29-4)28(36)33(24)16-25(34)31-23-11-7-9-20-8-5-6-10-22(20)23/h5-6,8,10,12-15,19,23,29H,7,9,11,16H2,1-4H3,(H,31,34)(H,30,32,35). The Hall–Kier alpha value is -3.78. The van der Waals surface area contributed by atoms with E-state index in [2.05, 4.69) is 33.1 Å². The van der Waals surface area contributed by atoms with Crippen molar-refractivity contribution in [3.05, 3.63) is 81.3 Å². The number of likely N-dealkylation sites (N-methyl/N-ethyl adjacent to an activating group) is 1. The first-order valence-electron chi connectivity index (χ1n) is 12.3. The van der Waals surface area contributed by atoms with Crippen molar-refractivity contribution in [1.82, 2.24) is 20.2 Å². The van der Waals surface area contributed by atoms with Crippen LogP contribution in [0.1, 0.15) is 48.1 Å². The molecule has 2 atom stereocenters. The third kappa shape index (κ3) is 5.39. The molecule has 1 heterocycles. The van der Waals surface area contributed by atoms with Crippen molar-refractivity contribution < 1.29 is 9.59 Å². The molecule has 2 unspecified atom stereocenters. The molecule has 1 aromatic heterocycles. The van der Waals surface area contributed by atoms with Crippen molar-refractivity contribution in [1.29, 1.82) is 0 Å². The second-order valence-electron chi connectivity index (χ2n) is 9.41. The third-order valence-corrected chi connectivity index (χ3v) is 6.79. The van der Waals surface area contributed by atoms with Crippen molar-refractivity contribution in [2.75, 3.05) is 12.4 Å². The van der Waals surface area contributed by atoms with Gasteiger partial charge in [-0.3, -0.25) is 19.0 Å². The van der Waals surface area contributed by atoms with Gasteiger partial charge in [-0.25, -0.2) is 4.98 Å². The zero-order chi connectivity index (χ0) is 25.8. The summed E-state index contributed by atoms with van der Waals surface area (Å²) in [6.07, 6.45) is 4.38. The van der Waals surface area contributed by atoms with Crippen LogP contribution in [0.25, 0.3) is 11.3 Å². The van der Waals surface area contributed by atoms with E-state index in [9.17, 15) is 14.4 Å². The van der Waals surface area contributed by atoms with Crippen molar-refractivity contribution in [3.8, 4) is 11.3 Å². The van der Waals surface area contributed by atoms with E-state index in [-0.39, 0.29) is 30.2 Å². The molecular weight excluding hydrogens is 454 g/mol. The number of hydrogen-bond donors (Lipinski definition) is 3. The van der Waals surface area contributed by atoms with Crippen LogP contribution in [0.3, 0.4) is 0 Å². The number of benzene rings is 2. The van der Waals surface area contributed by atoms with E-state index in [1.807, 2.05) is 44.2 Å². The molecule has 188 valence electrons. The molecule has 3 aromatic rings. The maximum Gasteiger partial charge on any atom is 0.294 e. The Morgan fingerprint density at radius 2 is 1.94 bits per heavy atom. The molecule has 1 aliphatic carbocycles. The normalized spacial score (nSPS) is 15.6. The minimum Gasteiger partial charge on any atom is -0.348 e.